The molecule has 1 aromatic heterocycles. The van der Waals surface area contributed by atoms with Crippen molar-refractivity contribution in [1.29, 1.82) is 0 Å². The zero-order valence-electron chi connectivity index (χ0n) is 19.2. The molecular weight excluding hydrogens is 412 g/mol. The number of anilines is 2. The summed E-state index contributed by atoms with van der Waals surface area (Å²) in [5.41, 5.74) is 2.15. The Balaban J connectivity index is 2.46. The Hall–Kier alpha value is -2.73. The summed E-state index contributed by atoms with van der Waals surface area (Å²) in [4.78, 5) is 33.3. The average molecular weight is 443 g/mol. The maximum Gasteiger partial charge on any atom is 0.231 e. The molecule has 2 rings (SSSR count). The minimum Gasteiger partial charge on any atom is -0.310 e. The first-order chi connectivity index (χ1) is 14.4. The number of nitrogens with zero attached hydrogens (tertiary/aromatic N) is 2. The Morgan fingerprint density at radius 2 is 1.52 bits per heavy atom. The van der Waals surface area contributed by atoms with Gasteiger partial charge in [-0.2, -0.15) is 4.98 Å². The minimum atomic E-state index is -0.291. The number of allylic oxidation sites excluding steroid dienone is 1. The summed E-state index contributed by atoms with van der Waals surface area (Å²) in [6.45, 7) is 13.2. The van der Waals surface area contributed by atoms with Gasteiger partial charge in [0.1, 0.15) is 5.82 Å². The van der Waals surface area contributed by atoms with E-state index in [0.717, 1.165) is 5.56 Å². The van der Waals surface area contributed by atoms with Crippen LogP contribution < -0.4 is 10.6 Å². The summed E-state index contributed by atoms with van der Waals surface area (Å²) in [7, 11) is 0. The molecule has 0 spiro atoms. The smallest absolute Gasteiger partial charge is 0.231 e. The molecule has 166 valence electrons. The molecule has 2 N–H and O–H groups in total. The fourth-order valence-corrected chi connectivity index (χ4v) is 2.84. The highest BCUT2D eigenvalue weighted by Crippen LogP contribution is 2.29. The van der Waals surface area contributed by atoms with Crippen LogP contribution in [0, 0.1) is 18.8 Å². The SMILES string of the molecule is Cc1nc(NC(=O)C(C)C)nc(NC(=O)C(C)C)c1/C=C/C(C)(C)c1ccc(Cl)cc1. The summed E-state index contributed by atoms with van der Waals surface area (Å²) >= 11 is 6.02. The number of amides is 2. The largest absolute Gasteiger partial charge is 0.310 e. The molecule has 2 amide bonds. The van der Waals surface area contributed by atoms with Gasteiger partial charge < -0.3 is 5.32 Å². The molecular formula is C24H31ClN4O2. The second-order valence-electron chi connectivity index (χ2n) is 8.74. The number of hydrogen-bond acceptors (Lipinski definition) is 4. The van der Waals surface area contributed by atoms with Gasteiger partial charge in [-0.25, -0.2) is 4.98 Å². The molecule has 2 aromatic rings. The lowest BCUT2D eigenvalue weighted by molar-refractivity contribution is -0.119. The molecule has 1 heterocycles. The molecule has 1 aromatic carbocycles. The van der Waals surface area contributed by atoms with E-state index >= 15 is 0 Å². The van der Waals surface area contributed by atoms with Crippen LogP contribution in [-0.4, -0.2) is 21.8 Å². The van der Waals surface area contributed by atoms with Crippen molar-refractivity contribution < 1.29 is 9.59 Å². The Labute approximate surface area is 189 Å². The monoisotopic (exact) mass is 442 g/mol. The average Bonchev–Trinajstić information content (AvgIpc) is 2.67. The number of aromatic nitrogens is 2. The predicted molar refractivity (Wildman–Crippen MR) is 127 cm³/mol. The maximum atomic E-state index is 12.4. The normalized spacial score (nSPS) is 11.9. The summed E-state index contributed by atoms with van der Waals surface area (Å²) in [5, 5.41) is 6.26. The first kappa shape index (κ1) is 24.5. The molecule has 0 radical (unpaired) electrons. The van der Waals surface area contributed by atoms with Crippen LogP contribution in [0.5, 0.6) is 0 Å². The summed E-state index contributed by atoms with van der Waals surface area (Å²) < 4.78 is 0. The molecule has 0 saturated carbocycles. The number of aryl methyl sites for hydroxylation is 1. The van der Waals surface area contributed by atoms with E-state index in [9.17, 15) is 9.59 Å². The molecule has 0 aliphatic carbocycles. The zero-order valence-corrected chi connectivity index (χ0v) is 20.0. The second-order valence-corrected chi connectivity index (χ2v) is 9.18. The fraction of sp³-hybridized carbons (Fsp3) is 0.417. The van der Waals surface area contributed by atoms with Crippen molar-refractivity contribution in [2.75, 3.05) is 10.6 Å². The van der Waals surface area contributed by atoms with Gasteiger partial charge >= 0.3 is 0 Å². The molecule has 0 aliphatic rings. The van der Waals surface area contributed by atoms with Gasteiger partial charge in [0, 0.05) is 27.8 Å². The van der Waals surface area contributed by atoms with Gasteiger partial charge in [-0.1, -0.05) is 77.4 Å². The summed E-state index contributed by atoms with van der Waals surface area (Å²) in [6.07, 6.45) is 3.95. The molecule has 7 heteroatoms. The van der Waals surface area contributed by atoms with E-state index in [0.29, 0.717) is 22.1 Å². The van der Waals surface area contributed by atoms with Crippen LogP contribution in [0.25, 0.3) is 6.08 Å². The van der Waals surface area contributed by atoms with Crippen LogP contribution in [0.4, 0.5) is 11.8 Å². The van der Waals surface area contributed by atoms with Crippen molar-refractivity contribution in [2.24, 2.45) is 11.8 Å². The Morgan fingerprint density at radius 1 is 0.968 bits per heavy atom. The third-order valence-electron chi connectivity index (χ3n) is 4.92. The lowest BCUT2D eigenvalue weighted by atomic mass is 9.84. The number of carbonyl (C=O) groups excluding carboxylic acids is 2. The molecule has 6 nitrogen and oxygen atoms in total. The van der Waals surface area contributed by atoms with Gasteiger partial charge in [0.05, 0.1) is 5.69 Å². The quantitative estimate of drug-likeness (QED) is 0.582. The van der Waals surface area contributed by atoms with Crippen molar-refractivity contribution in [2.45, 2.75) is 53.9 Å². The summed E-state index contributed by atoms with van der Waals surface area (Å²) in [6, 6.07) is 7.70. The first-order valence-electron chi connectivity index (χ1n) is 10.4. The first-order valence-corrected chi connectivity index (χ1v) is 10.7. The highest BCUT2D eigenvalue weighted by molar-refractivity contribution is 6.30. The van der Waals surface area contributed by atoms with Gasteiger partial charge in [0.25, 0.3) is 0 Å². The molecule has 0 atom stereocenters. The number of carbonyl (C=O) groups is 2. The van der Waals surface area contributed by atoms with Crippen LogP contribution >= 0.6 is 11.6 Å². The Morgan fingerprint density at radius 3 is 2.06 bits per heavy atom. The van der Waals surface area contributed by atoms with Crippen LogP contribution in [0.15, 0.2) is 30.3 Å². The Kier molecular flexibility index (Phi) is 7.96. The van der Waals surface area contributed by atoms with E-state index in [1.54, 1.807) is 13.8 Å². The standard InChI is InChI=1S/C24H31ClN4O2/c1-14(2)21(30)27-20-19(16(5)26-23(28-20)29-22(31)15(3)4)12-13-24(6,7)17-8-10-18(25)11-9-17/h8-15H,1-7H3,(H2,26,27,28,29,30,31)/b13-12+. The zero-order chi connectivity index (χ0) is 23.3. The van der Waals surface area contributed by atoms with Gasteiger partial charge in [0.15, 0.2) is 0 Å². The molecule has 0 fully saturated rings. The summed E-state index contributed by atoms with van der Waals surface area (Å²) in [5.74, 6) is -0.236. The highest BCUT2D eigenvalue weighted by Gasteiger charge is 2.20. The number of benzene rings is 1. The molecule has 0 aliphatic heterocycles. The van der Waals surface area contributed by atoms with E-state index in [4.69, 9.17) is 11.6 Å². The lowest BCUT2D eigenvalue weighted by Gasteiger charge is -2.21. The van der Waals surface area contributed by atoms with E-state index < -0.39 is 0 Å². The molecule has 0 saturated heterocycles. The fourth-order valence-electron chi connectivity index (χ4n) is 2.72. The maximum absolute atomic E-state index is 12.4. The van der Waals surface area contributed by atoms with E-state index in [2.05, 4.69) is 34.4 Å². The number of hydrogen-bond donors (Lipinski definition) is 2. The van der Waals surface area contributed by atoms with Gasteiger partial charge in [-0.3, -0.25) is 14.9 Å². The third kappa shape index (κ3) is 6.62. The van der Waals surface area contributed by atoms with Crippen molar-refractivity contribution in [3.63, 3.8) is 0 Å². The van der Waals surface area contributed by atoms with Gasteiger partial charge in [-0.15, -0.1) is 0 Å². The second kappa shape index (κ2) is 10.1. The molecule has 0 bridgehead atoms. The van der Waals surface area contributed by atoms with Crippen LogP contribution in [0.1, 0.15) is 58.4 Å². The van der Waals surface area contributed by atoms with Crippen LogP contribution in [0.3, 0.4) is 0 Å². The van der Waals surface area contributed by atoms with Crippen molar-refractivity contribution in [3.05, 3.63) is 52.2 Å². The minimum absolute atomic E-state index is 0.161. The topological polar surface area (TPSA) is 84.0 Å². The van der Waals surface area contributed by atoms with Crippen molar-refractivity contribution >= 4 is 41.3 Å². The van der Waals surface area contributed by atoms with Crippen LogP contribution in [0.2, 0.25) is 5.02 Å². The van der Waals surface area contributed by atoms with E-state index in [1.165, 1.54) is 0 Å². The van der Waals surface area contributed by atoms with Crippen LogP contribution in [-0.2, 0) is 15.0 Å². The van der Waals surface area contributed by atoms with Gasteiger partial charge in [0.2, 0.25) is 17.8 Å². The van der Waals surface area contributed by atoms with E-state index in [-0.39, 0.29) is 35.0 Å². The Bertz CT molecular complexity index is 980. The predicted octanol–water partition coefficient (Wildman–Crippen LogP) is 5.62. The van der Waals surface area contributed by atoms with Crippen molar-refractivity contribution in [3.8, 4) is 0 Å². The number of nitrogens with one attached hydrogen (secondary N) is 2. The lowest BCUT2D eigenvalue weighted by Crippen LogP contribution is -2.23. The number of halogens is 1. The highest BCUT2D eigenvalue weighted by atomic mass is 35.5. The van der Waals surface area contributed by atoms with Gasteiger partial charge in [-0.05, 0) is 24.6 Å². The molecule has 31 heavy (non-hydrogen) atoms. The van der Waals surface area contributed by atoms with E-state index in [1.807, 2.05) is 57.2 Å². The van der Waals surface area contributed by atoms with Crippen molar-refractivity contribution in [1.82, 2.24) is 9.97 Å². The molecule has 0 unspecified atom stereocenters. The third-order valence-corrected chi connectivity index (χ3v) is 5.17. The number of rotatable bonds is 7.